The molecule has 0 spiro atoms. The first kappa shape index (κ1) is 36.7. The van der Waals surface area contributed by atoms with Gasteiger partial charge in [-0.25, -0.2) is 0 Å². The van der Waals surface area contributed by atoms with E-state index in [9.17, 15) is 0 Å². The number of hydrogen-bond acceptors (Lipinski definition) is 7. The predicted octanol–water partition coefficient (Wildman–Crippen LogP) is 4.95. The highest BCUT2D eigenvalue weighted by molar-refractivity contribution is 4.71. The topological polar surface area (TPSA) is 40.7 Å². The summed E-state index contributed by atoms with van der Waals surface area (Å²) in [5.74, 6) is 2.14. The highest BCUT2D eigenvalue weighted by Crippen LogP contribution is 2.31. The van der Waals surface area contributed by atoms with E-state index in [1.807, 2.05) is 7.11 Å². The zero-order chi connectivity index (χ0) is 28.9. The van der Waals surface area contributed by atoms with Crippen molar-refractivity contribution in [3.05, 3.63) is 0 Å². The van der Waals surface area contributed by atoms with Crippen LogP contribution in [0.4, 0.5) is 0 Å². The maximum atomic E-state index is 5.42. The Kier molecular flexibility index (Phi) is 22.0. The van der Waals surface area contributed by atoms with Crippen molar-refractivity contribution in [2.45, 2.75) is 91.3 Å². The maximum absolute atomic E-state index is 5.42. The van der Waals surface area contributed by atoms with E-state index in [2.05, 4.69) is 61.4 Å². The minimum Gasteiger partial charge on any atom is -0.382 e. The lowest BCUT2D eigenvalue weighted by Crippen LogP contribution is -2.44. The molecule has 0 aromatic carbocycles. The third-order valence-corrected chi connectivity index (χ3v) is 9.17. The Labute approximate surface area is 243 Å². The summed E-state index contributed by atoms with van der Waals surface area (Å²) in [7, 11) is 7.81. The van der Waals surface area contributed by atoms with E-state index in [0.717, 1.165) is 31.5 Å². The summed E-state index contributed by atoms with van der Waals surface area (Å²) >= 11 is 0. The van der Waals surface area contributed by atoms with E-state index in [0.29, 0.717) is 12.7 Å². The molecule has 0 N–H and O–H groups in total. The molecule has 39 heavy (non-hydrogen) atoms. The Morgan fingerprint density at radius 1 is 0.641 bits per heavy atom. The molecule has 3 aliphatic heterocycles. The van der Waals surface area contributed by atoms with Gasteiger partial charge in [-0.05, 0) is 51.9 Å². The van der Waals surface area contributed by atoms with Gasteiger partial charge < -0.3 is 33.8 Å². The third-order valence-electron chi connectivity index (χ3n) is 9.17. The molecule has 7 nitrogen and oxygen atoms in total. The second-order valence-electron chi connectivity index (χ2n) is 12.0. The zero-order valence-corrected chi connectivity index (χ0v) is 27.5. The molecular formula is C32H68N4O3. The smallest absolute Gasteiger partial charge is 0.0935 e. The molecule has 0 bridgehead atoms. The van der Waals surface area contributed by atoms with E-state index in [4.69, 9.17) is 14.2 Å². The van der Waals surface area contributed by atoms with Crippen LogP contribution in [0, 0.1) is 11.8 Å². The lowest BCUT2D eigenvalue weighted by Gasteiger charge is -2.31. The average Bonchev–Trinajstić information content (AvgIpc) is 2.99. The summed E-state index contributed by atoms with van der Waals surface area (Å²) < 4.78 is 15.7. The van der Waals surface area contributed by atoms with Gasteiger partial charge in [0.25, 0.3) is 0 Å². The molecular weight excluding hydrogens is 488 g/mol. The van der Waals surface area contributed by atoms with E-state index < -0.39 is 0 Å². The normalized spacial score (nSPS) is 27.8. The standard InChI is InChI=1S/C10H20.C8H17NO.C7H16N2.C7H15NO2/c1-3-9-5-7-10(4-2)8-6-9;1-3-9-6-4-8(10-2)5-7-9;1-3-9-6-4-8(2)5-7-9;1-8-3-4-10-7(5-8)6-9-2/h9-10H,3-8H2,1-2H3;8H,3-7H2,1-2H3;3-7H2,1-2H3;7H,3-6H2,1-2H3. The fraction of sp³-hybridized carbons (Fsp3) is 1.00. The van der Waals surface area contributed by atoms with Crippen LogP contribution < -0.4 is 0 Å². The van der Waals surface area contributed by atoms with Crippen molar-refractivity contribution < 1.29 is 14.2 Å². The average molecular weight is 557 g/mol. The Balaban J connectivity index is 0.000000260. The van der Waals surface area contributed by atoms with Crippen LogP contribution in [-0.2, 0) is 14.2 Å². The molecule has 4 aliphatic rings. The zero-order valence-electron chi connectivity index (χ0n) is 27.5. The van der Waals surface area contributed by atoms with Gasteiger partial charge in [0.05, 0.1) is 25.4 Å². The number of rotatable bonds is 7. The van der Waals surface area contributed by atoms with E-state index >= 15 is 0 Å². The van der Waals surface area contributed by atoms with Crippen LogP contribution >= 0.6 is 0 Å². The number of piperidine rings is 1. The van der Waals surface area contributed by atoms with Crippen molar-refractivity contribution in [1.29, 1.82) is 0 Å². The molecule has 4 rings (SSSR count). The largest absolute Gasteiger partial charge is 0.382 e. The lowest BCUT2D eigenvalue weighted by molar-refractivity contribution is -0.0542. The minimum absolute atomic E-state index is 0.281. The van der Waals surface area contributed by atoms with Gasteiger partial charge in [0.1, 0.15) is 0 Å². The van der Waals surface area contributed by atoms with Gasteiger partial charge in [-0.2, -0.15) is 0 Å². The number of methoxy groups -OCH3 is 2. The summed E-state index contributed by atoms with van der Waals surface area (Å²) in [6.45, 7) is 22.5. The fourth-order valence-corrected chi connectivity index (χ4v) is 5.83. The number of nitrogens with zero attached hydrogens (tertiary/aromatic N) is 4. The molecule has 7 heteroatoms. The molecule has 1 saturated carbocycles. The van der Waals surface area contributed by atoms with Crippen LogP contribution in [0.15, 0.2) is 0 Å². The van der Waals surface area contributed by atoms with Crippen LogP contribution in [0.25, 0.3) is 0 Å². The molecule has 4 fully saturated rings. The quantitative estimate of drug-likeness (QED) is 0.440. The summed E-state index contributed by atoms with van der Waals surface area (Å²) in [4.78, 5) is 9.59. The Morgan fingerprint density at radius 3 is 1.56 bits per heavy atom. The van der Waals surface area contributed by atoms with E-state index in [1.165, 1.54) is 104 Å². The summed E-state index contributed by atoms with van der Waals surface area (Å²) in [6.07, 6.45) is 12.1. The Morgan fingerprint density at radius 2 is 1.15 bits per heavy atom. The second kappa shape index (κ2) is 23.3. The number of likely N-dealkylation sites (N-methyl/N-ethyl adjacent to an activating group) is 3. The van der Waals surface area contributed by atoms with Crippen molar-refractivity contribution in [2.24, 2.45) is 11.8 Å². The van der Waals surface area contributed by atoms with Crippen LogP contribution in [0.2, 0.25) is 0 Å². The van der Waals surface area contributed by atoms with Gasteiger partial charge >= 0.3 is 0 Å². The Hall–Kier alpha value is -0.280. The molecule has 0 aromatic rings. The fourth-order valence-electron chi connectivity index (χ4n) is 5.83. The van der Waals surface area contributed by atoms with Gasteiger partial charge in [-0.3, -0.25) is 0 Å². The first-order chi connectivity index (χ1) is 18.9. The number of hydrogen-bond donors (Lipinski definition) is 0. The van der Waals surface area contributed by atoms with Crippen molar-refractivity contribution in [3.8, 4) is 0 Å². The predicted molar refractivity (Wildman–Crippen MR) is 167 cm³/mol. The first-order valence-electron chi connectivity index (χ1n) is 16.3. The van der Waals surface area contributed by atoms with Crippen molar-refractivity contribution in [1.82, 2.24) is 19.6 Å². The van der Waals surface area contributed by atoms with Crippen LogP contribution in [0.1, 0.15) is 79.1 Å². The van der Waals surface area contributed by atoms with Crippen molar-refractivity contribution in [2.75, 3.05) is 107 Å². The van der Waals surface area contributed by atoms with Crippen molar-refractivity contribution >= 4 is 0 Å². The monoisotopic (exact) mass is 557 g/mol. The minimum atomic E-state index is 0.281. The molecule has 0 aromatic heterocycles. The molecule has 1 aliphatic carbocycles. The van der Waals surface area contributed by atoms with Crippen LogP contribution in [-0.4, -0.2) is 139 Å². The van der Waals surface area contributed by atoms with Crippen LogP contribution in [0.5, 0.6) is 0 Å². The highest BCUT2D eigenvalue weighted by atomic mass is 16.5. The summed E-state index contributed by atoms with van der Waals surface area (Å²) in [5, 5.41) is 0. The molecule has 1 atom stereocenters. The van der Waals surface area contributed by atoms with Gasteiger partial charge in [0.15, 0.2) is 0 Å². The molecule has 1 unspecified atom stereocenters. The molecule has 3 saturated heterocycles. The Bertz CT molecular complexity index is 482. The molecule has 0 amide bonds. The summed E-state index contributed by atoms with van der Waals surface area (Å²) in [6, 6.07) is 0. The molecule has 0 radical (unpaired) electrons. The van der Waals surface area contributed by atoms with Gasteiger partial charge in [-0.15, -0.1) is 0 Å². The first-order valence-corrected chi connectivity index (χ1v) is 16.3. The number of piperazine rings is 1. The van der Waals surface area contributed by atoms with E-state index in [-0.39, 0.29) is 6.10 Å². The lowest BCUT2D eigenvalue weighted by atomic mass is 9.80. The summed E-state index contributed by atoms with van der Waals surface area (Å²) in [5.41, 5.74) is 0. The number of ether oxygens (including phenoxy) is 3. The van der Waals surface area contributed by atoms with Crippen LogP contribution in [0.3, 0.4) is 0 Å². The van der Waals surface area contributed by atoms with Gasteiger partial charge in [0, 0.05) is 66.6 Å². The van der Waals surface area contributed by atoms with Crippen molar-refractivity contribution in [3.63, 3.8) is 0 Å². The highest BCUT2D eigenvalue weighted by Gasteiger charge is 2.18. The second-order valence-corrected chi connectivity index (χ2v) is 12.0. The SMILES string of the molecule is CCC1CCC(CC)CC1.CCN1CCC(OC)CC1.CCN1CCN(C)CC1.COCC1CN(C)CCO1. The molecule has 3 heterocycles. The maximum Gasteiger partial charge on any atom is 0.0935 e. The van der Waals surface area contributed by atoms with Gasteiger partial charge in [-0.1, -0.05) is 66.2 Å². The van der Waals surface area contributed by atoms with Gasteiger partial charge in [0.2, 0.25) is 0 Å². The molecule has 234 valence electrons. The third kappa shape index (κ3) is 17.3. The number of morpholine rings is 1. The number of likely N-dealkylation sites (tertiary alicyclic amines) is 1. The van der Waals surface area contributed by atoms with E-state index in [1.54, 1.807) is 7.11 Å².